The Kier molecular flexibility index (Phi) is 2.08. The Morgan fingerprint density at radius 2 is 1.91 bits per heavy atom. The summed E-state index contributed by atoms with van der Waals surface area (Å²) in [5.74, 6) is 0. The van der Waals surface area contributed by atoms with Crippen molar-refractivity contribution in [3.8, 4) is 0 Å². The van der Waals surface area contributed by atoms with E-state index in [0.29, 0.717) is 10.8 Å². The molecule has 0 radical (unpaired) electrons. The van der Waals surface area contributed by atoms with Crippen molar-refractivity contribution >= 4 is 18.0 Å². The fourth-order valence-electron chi connectivity index (χ4n) is 0.996. The topological polar surface area (TPSA) is 12.4 Å². The summed E-state index contributed by atoms with van der Waals surface area (Å²) in [4.78, 5) is 4.50. The van der Waals surface area contributed by atoms with Crippen LogP contribution in [-0.2, 0) is 0 Å². The van der Waals surface area contributed by atoms with Gasteiger partial charge in [0.1, 0.15) is 5.37 Å². The van der Waals surface area contributed by atoms with Crippen LogP contribution in [0, 0.1) is 5.41 Å². The average Bonchev–Trinajstić information content (AvgIpc) is 2.07. The highest BCUT2D eigenvalue weighted by Crippen LogP contribution is 2.42. The van der Waals surface area contributed by atoms with E-state index in [1.54, 1.807) is 0 Å². The Labute approximate surface area is 73.7 Å². The van der Waals surface area contributed by atoms with Crippen LogP contribution in [0.1, 0.15) is 34.6 Å². The number of thioether (sulfide) groups is 1. The van der Waals surface area contributed by atoms with E-state index in [2.05, 4.69) is 45.8 Å². The van der Waals surface area contributed by atoms with Gasteiger partial charge in [-0.15, -0.1) is 11.8 Å². The Bertz CT molecular complexity index is 176. The van der Waals surface area contributed by atoms with Gasteiger partial charge in [0.2, 0.25) is 0 Å². The maximum atomic E-state index is 4.50. The van der Waals surface area contributed by atoms with E-state index < -0.39 is 0 Å². The van der Waals surface area contributed by atoms with Crippen LogP contribution < -0.4 is 0 Å². The van der Waals surface area contributed by atoms with Gasteiger partial charge in [0.25, 0.3) is 0 Å². The van der Waals surface area contributed by atoms with Crippen molar-refractivity contribution in [2.45, 2.75) is 44.7 Å². The maximum absolute atomic E-state index is 4.50. The SMILES string of the molecule is CC1(C)C=NC(C(C)(C)C)S1. The van der Waals surface area contributed by atoms with Gasteiger partial charge in [-0.05, 0) is 19.3 Å². The van der Waals surface area contributed by atoms with Crippen molar-refractivity contribution < 1.29 is 0 Å². The summed E-state index contributed by atoms with van der Waals surface area (Å²) in [6.45, 7) is 11.1. The smallest absolute Gasteiger partial charge is 0.100 e. The summed E-state index contributed by atoms with van der Waals surface area (Å²) in [5, 5.41) is 0.442. The van der Waals surface area contributed by atoms with Crippen LogP contribution in [0.3, 0.4) is 0 Å². The molecular weight excluding hydrogens is 154 g/mol. The fourth-order valence-corrected chi connectivity index (χ4v) is 2.17. The number of hydrogen-bond acceptors (Lipinski definition) is 2. The summed E-state index contributed by atoms with van der Waals surface area (Å²) in [7, 11) is 0. The van der Waals surface area contributed by atoms with Gasteiger partial charge < -0.3 is 0 Å². The molecule has 64 valence electrons. The zero-order chi connectivity index (χ0) is 8.70. The second kappa shape index (κ2) is 2.51. The van der Waals surface area contributed by atoms with Crippen molar-refractivity contribution in [2.24, 2.45) is 10.4 Å². The molecule has 1 unspecified atom stereocenters. The Hall–Kier alpha value is 0.0200. The summed E-state index contributed by atoms with van der Waals surface area (Å²) in [6.07, 6.45) is 2.08. The molecule has 0 aromatic rings. The molecule has 0 aliphatic carbocycles. The minimum absolute atomic E-state index is 0.248. The molecule has 1 atom stereocenters. The van der Waals surface area contributed by atoms with E-state index in [1.807, 2.05) is 11.8 Å². The van der Waals surface area contributed by atoms with Gasteiger partial charge in [-0.2, -0.15) is 0 Å². The van der Waals surface area contributed by atoms with E-state index >= 15 is 0 Å². The zero-order valence-corrected chi connectivity index (χ0v) is 8.83. The van der Waals surface area contributed by atoms with E-state index in [-0.39, 0.29) is 4.75 Å². The molecule has 1 aliphatic rings. The van der Waals surface area contributed by atoms with E-state index in [4.69, 9.17) is 0 Å². The van der Waals surface area contributed by atoms with E-state index in [9.17, 15) is 0 Å². The first-order valence-corrected chi connectivity index (χ1v) is 4.91. The molecule has 1 rings (SSSR count). The second-order valence-corrected chi connectivity index (χ2v) is 6.45. The first kappa shape index (κ1) is 9.11. The molecule has 0 fully saturated rings. The van der Waals surface area contributed by atoms with Gasteiger partial charge in [0, 0.05) is 11.0 Å². The van der Waals surface area contributed by atoms with Gasteiger partial charge in [-0.25, -0.2) is 0 Å². The molecule has 0 aromatic heterocycles. The van der Waals surface area contributed by atoms with Crippen molar-refractivity contribution in [3.63, 3.8) is 0 Å². The molecule has 0 aromatic carbocycles. The molecule has 0 bridgehead atoms. The van der Waals surface area contributed by atoms with Crippen LogP contribution in [0.25, 0.3) is 0 Å². The fraction of sp³-hybridized carbons (Fsp3) is 0.889. The molecule has 0 saturated heterocycles. The third kappa shape index (κ3) is 2.22. The van der Waals surface area contributed by atoms with Crippen molar-refractivity contribution in [1.82, 2.24) is 0 Å². The Morgan fingerprint density at radius 1 is 1.36 bits per heavy atom. The lowest BCUT2D eigenvalue weighted by atomic mass is 9.97. The third-order valence-corrected chi connectivity index (χ3v) is 3.44. The third-order valence-electron chi connectivity index (χ3n) is 1.68. The molecule has 1 aliphatic heterocycles. The van der Waals surface area contributed by atoms with Gasteiger partial charge in [-0.1, -0.05) is 20.8 Å². The van der Waals surface area contributed by atoms with E-state index in [0.717, 1.165) is 0 Å². The lowest BCUT2D eigenvalue weighted by Crippen LogP contribution is -2.21. The number of hydrogen-bond donors (Lipinski definition) is 0. The monoisotopic (exact) mass is 171 g/mol. The first-order chi connectivity index (χ1) is 4.81. The lowest BCUT2D eigenvalue weighted by molar-refractivity contribution is 0.404. The second-order valence-electron chi connectivity index (χ2n) is 4.72. The minimum atomic E-state index is 0.248. The Morgan fingerprint density at radius 3 is 2.09 bits per heavy atom. The largest absolute Gasteiger partial charge is 0.281 e. The molecule has 2 heteroatoms. The van der Waals surface area contributed by atoms with Crippen LogP contribution in [0.15, 0.2) is 4.99 Å². The average molecular weight is 171 g/mol. The lowest BCUT2D eigenvalue weighted by Gasteiger charge is -2.26. The predicted octanol–water partition coefficient (Wildman–Crippen LogP) is 2.95. The highest BCUT2D eigenvalue weighted by atomic mass is 32.2. The van der Waals surface area contributed by atoms with Gasteiger partial charge in [0.15, 0.2) is 0 Å². The summed E-state index contributed by atoms with van der Waals surface area (Å²) < 4.78 is 0.248. The van der Waals surface area contributed by atoms with Crippen molar-refractivity contribution in [3.05, 3.63) is 0 Å². The van der Waals surface area contributed by atoms with E-state index in [1.165, 1.54) is 0 Å². The predicted molar refractivity (Wildman–Crippen MR) is 53.4 cm³/mol. The highest BCUT2D eigenvalue weighted by molar-refractivity contribution is 8.02. The van der Waals surface area contributed by atoms with Gasteiger partial charge >= 0.3 is 0 Å². The molecule has 1 nitrogen and oxygen atoms in total. The number of rotatable bonds is 0. The highest BCUT2D eigenvalue weighted by Gasteiger charge is 2.34. The summed E-state index contributed by atoms with van der Waals surface area (Å²) in [5.41, 5.74) is 0.301. The molecule has 0 saturated carbocycles. The summed E-state index contributed by atoms with van der Waals surface area (Å²) in [6, 6.07) is 0. The molecule has 11 heavy (non-hydrogen) atoms. The first-order valence-electron chi connectivity index (χ1n) is 4.03. The van der Waals surface area contributed by atoms with Crippen LogP contribution in [0.4, 0.5) is 0 Å². The minimum Gasteiger partial charge on any atom is -0.281 e. The maximum Gasteiger partial charge on any atom is 0.100 e. The quantitative estimate of drug-likeness (QED) is 0.546. The van der Waals surface area contributed by atoms with Gasteiger partial charge in [0.05, 0.1) is 0 Å². The number of nitrogens with zero attached hydrogens (tertiary/aromatic N) is 1. The van der Waals surface area contributed by atoms with Gasteiger partial charge in [-0.3, -0.25) is 4.99 Å². The van der Waals surface area contributed by atoms with Crippen LogP contribution in [0.2, 0.25) is 0 Å². The summed E-state index contributed by atoms with van der Waals surface area (Å²) >= 11 is 1.95. The van der Waals surface area contributed by atoms with Crippen LogP contribution in [-0.4, -0.2) is 16.3 Å². The zero-order valence-electron chi connectivity index (χ0n) is 8.01. The molecule has 1 heterocycles. The normalized spacial score (nSPS) is 29.4. The standard InChI is InChI=1S/C9H17NS/c1-8(2,3)7-10-6-9(4,5)11-7/h6-7H,1-5H3. The molecule has 0 N–H and O–H groups in total. The van der Waals surface area contributed by atoms with Crippen LogP contribution in [0.5, 0.6) is 0 Å². The molecule has 0 spiro atoms. The van der Waals surface area contributed by atoms with Crippen molar-refractivity contribution in [1.29, 1.82) is 0 Å². The molecule has 0 amide bonds. The molecular formula is C9H17NS. The van der Waals surface area contributed by atoms with Crippen LogP contribution >= 0.6 is 11.8 Å². The van der Waals surface area contributed by atoms with Crippen molar-refractivity contribution in [2.75, 3.05) is 0 Å². The Balaban J connectivity index is 2.65. The number of aliphatic imine (C=N–C) groups is 1.